The van der Waals surface area contributed by atoms with Crippen LogP contribution in [0, 0.1) is 5.92 Å². The first-order chi connectivity index (χ1) is 16.3. The van der Waals surface area contributed by atoms with E-state index in [-0.39, 0.29) is 24.7 Å². The van der Waals surface area contributed by atoms with Crippen molar-refractivity contribution in [1.82, 2.24) is 14.8 Å². The second-order valence-electron chi connectivity index (χ2n) is 10.6. The van der Waals surface area contributed by atoms with Crippen LogP contribution in [0.5, 0.6) is 5.75 Å². The lowest BCUT2D eigenvalue weighted by Gasteiger charge is -2.43. The summed E-state index contributed by atoms with van der Waals surface area (Å²) < 4.78 is 33.4. The number of fused-ring (bicyclic) bond motifs is 3. The minimum absolute atomic E-state index is 0.0473. The van der Waals surface area contributed by atoms with Crippen LogP contribution in [0.2, 0.25) is 0 Å². The van der Waals surface area contributed by atoms with Gasteiger partial charge in [-0.05, 0) is 56.5 Å². The van der Waals surface area contributed by atoms with E-state index in [1.165, 1.54) is 10.9 Å². The summed E-state index contributed by atoms with van der Waals surface area (Å²) in [6.45, 7) is 8.70. The number of aromatic nitrogens is 1. The quantitative estimate of drug-likeness (QED) is 0.473. The molecule has 2 aliphatic heterocycles. The zero-order valence-electron chi connectivity index (χ0n) is 20.4. The molecule has 4 nitrogen and oxygen atoms in total. The summed E-state index contributed by atoms with van der Waals surface area (Å²) in [5.41, 5.74) is 3.47. The van der Waals surface area contributed by atoms with Gasteiger partial charge < -0.3 is 9.72 Å². The zero-order valence-corrected chi connectivity index (χ0v) is 20.4. The number of ether oxygens (including phenoxy) is 1. The Kier molecular flexibility index (Phi) is 6.38. The molecule has 0 amide bonds. The molecule has 0 radical (unpaired) electrons. The summed E-state index contributed by atoms with van der Waals surface area (Å²) >= 11 is 0. The molecule has 6 heteroatoms. The van der Waals surface area contributed by atoms with Crippen LogP contribution in [0.4, 0.5) is 8.78 Å². The Balaban J connectivity index is 1.38. The van der Waals surface area contributed by atoms with Crippen molar-refractivity contribution in [3.63, 3.8) is 0 Å². The van der Waals surface area contributed by atoms with Gasteiger partial charge in [-0.1, -0.05) is 30.3 Å². The monoisotopic (exact) mass is 467 g/mol. The van der Waals surface area contributed by atoms with Crippen molar-refractivity contribution in [2.45, 2.75) is 44.9 Å². The van der Waals surface area contributed by atoms with Crippen LogP contribution in [0.15, 0.2) is 48.5 Å². The van der Waals surface area contributed by atoms with E-state index < -0.39 is 5.67 Å². The van der Waals surface area contributed by atoms with Gasteiger partial charge in [0.25, 0.3) is 0 Å². The highest BCUT2D eigenvalue weighted by atomic mass is 19.1. The molecule has 1 fully saturated rings. The summed E-state index contributed by atoms with van der Waals surface area (Å²) in [6, 6.07) is 16.8. The van der Waals surface area contributed by atoms with Gasteiger partial charge in [0.2, 0.25) is 0 Å². The average Bonchev–Trinajstić information content (AvgIpc) is 3.13. The van der Waals surface area contributed by atoms with Crippen LogP contribution in [0.25, 0.3) is 10.9 Å². The third kappa shape index (κ3) is 4.71. The van der Waals surface area contributed by atoms with E-state index in [0.29, 0.717) is 13.2 Å². The van der Waals surface area contributed by atoms with Gasteiger partial charge in [0.15, 0.2) is 0 Å². The van der Waals surface area contributed by atoms with Crippen molar-refractivity contribution in [2.75, 3.05) is 39.5 Å². The molecule has 2 aromatic carbocycles. The molecule has 0 bridgehead atoms. The van der Waals surface area contributed by atoms with Gasteiger partial charge in [-0.3, -0.25) is 14.2 Å². The number of aromatic amines is 1. The van der Waals surface area contributed by atoms with Gasteiger partial charge in [0.05, 0.1) is 12.7 Å². The maximum Gasteiger partial charge on any atom is 0.119 e. The van der Waals surface area contributed by atoms with Gasteiger partial charge in [-0.15, -0.1) is 0 Å². The molecule has 1 aromatic heterocycles. The fourth-order valence-corrected chi connectivity index (χ4v) is 5.54. The molecule has 1 saturated heterocycles. The first-order valence-electron chi connectivity index (χ1n) is 12.4. The fourth-order valence-electron chi connectivity index (χ4n) is 5.54. The number of likely N-dealkylation sites (tertiary alicyclic amines) is 1. The zero-order chi connectivity index (χ0) is 23.9. The summed E-state index contributed by atoms with van der Waals surface area (Å²) in [5.74, 6) is 1.02. The molecule has 182 valence electrons. The van der Waals surface area contributed by atoms with E-state index in [4.69, 9.17) is 4.74 Å². The number of nitrogens with zero attached hydrogens (tertiary/aromatic N) is 2. The number of halogens is 2. The third-order valence-corrected chi connectivity index (χ3v) is 7.20. The molecule has 34 heavy (non-hydrogen) atoms. The van der Waals surface area contributed by atoms with E-state index in [1.54, 1.807) is 13.8 Å². The van der Waals surface area contributed by atoms with E-state index >= 15 is 0 Å². The number of alkyl halides is 2. The van der Waals surface area contributed by atoms with Crippen LogP contribution in [0.3, 0.4) is 0 Å². The lowest BCUT2D eigenvalue weighted by atomic mass is 9.87. The summed E-state index contributed by atoms with van der Waals surface area (Å²) in [7, 11) is 0. The Labute approximate surface area is 200 Å². The largest absolute Gasteiger partial charge is 0.492 e. The maximum absolute atomic E-state index is 14.9. The van der Waals surface area contributed by atoms with Crippen LogP contribution in [-0.4, -0.2) is 66.0 Å². The van der Waals surface area contributed by atoms with Crippen molar-refractivity contribution in [3.8, 4) is 5.75 Å². The highest BCUT2D eigenvalue weighted by Crippen LogP contribution is 2.41. The third-order valence-electron chi connectivity index (χ3n) is 7.20. The van der Waals surface area contributed by atoms with Gasteiger partial charge in [-0.2, -0.15) is 0 Å². The number of nitrogens with one attached hydrogen (secondary N) is 1. The minimum Gasteiger partial charge on any atom is -0.492 e. The maximum atomic E-state index is 14.9. The minimum atomic E-state index is -1.29. The first kappa shape index (κ1) is 23.3. The predicted octanol–water partition coefficient (Wildman–Crippen LogP) is 5.53. The first-order valence-corrected chi connectivity index (χ1v) is 12.4. The second kappa shape index (κ2) is 9.31. The number of hydrogen-bond donors (Lipinski definition) is 1. The normalized spacial score (nSPS) is 22.0. The molecule has 0 saturated carbocycles. The fraction of sp³-hybridized carbons (Fsp3) is 0.500. The van der Waals surface area contributed by atoms with Crippen LogP contribution >= 0.6 is 0 Å². The molecule has 0 aliphatic carbocycles. The second-order valence-corrected chi connectivity index (χ2v) is 10.6. The number of benzene rings is 2. The molecule has 1 N–H and O–H groups in total. The molecule has 2 atom stereocenters. The van der Waals surface area contributed by atoms with Crippen LogP contribution < -0.4 is 4.74 Å². The molecule has 3 aromatic rings. The number of para-hydroxylation sites is 1. The summed E-state index contributed by atoms with van der Waals surface area (Å²) in [4.78, 5) is 8.16. The van der Waals surface area contributed by atoms with E-state index in [2.05, 4.69) is 58.1 Å². The average molecular weight is 468 g/mol. The molecular weight excluding hydrogens is 432 g/mol. The van der Waals surface area contributed by atoms with E-state index in [9.17, 15) is 8.78 Å². The van der Waals surface area contributed by atoms with Gasteiger partial charge in [0, 0.05) is 54.7 Å². The molecule has 0 spiro atoms. The molecule has 0 unspecified atom stereocenters. The Morgan fingerprint density at radius 1 is 1.09 bits per heavy atom. The molecule has 5 rings (SSSR count). The van der Waals surface area contributed by atoms with Gasteiger partial charge >= 0.3 is 0 Å². The van der Waals surface area contributed by atoms with Crippen LogP contribution in [-0.2, 0) is 6.42 Å². The molecule has 3 heterocycles. The van der Waals surface area contributed by atoms with Gasteiger partial charge in [0.1, 0.15) is 18.0 Å². The number of rotatable bonds is 8. The van der Waals surface area contributed by atoms with E-state index in [0.717, 1.165) is 48.6 Å². The lowest BCUT2D eigenvalue weighted by Crippen LogP contribution is -2.49. The highest BCUT2D eigenvalue weighted by Gasteiger charge is 2.38. The van der Waals surface area contributed by atoms with Crippen molar-refractivity contribution in [2.24, 2.45) is 5.92 Å². The molecule has 2 aliphatic rings. The van der Waals surface area contributed by atoms with Crippen molar-refractivity contribution in [1.29, 1.82) is 0 Å². The van der Waals surface area contributed by atoms with Gasteiger partial charge in [-0.25, -0.2) is 4.39 Å². The Hall–Kier alpha value is -2.44. The lowest BCUT2D eigenvalue weighted by molar-refractivity contribution is 0.0660. The SMILES string of the molecule is C[C@@H]1Cc2c([nH]c3ccccc23)[C@@H](c2ccc(OCCN3CC(CF)C3)cc2)N1CC(C)(C)F. The smallest absolute Gasteiger partial charge is 0.119 e. The van der Waals surface area contributed by atoms with Crippen LogP contribution in [0.1, 0.15) is 43.6 Å². The van der Waals surface area contributed by atoms with Crippen molar-refractivity contribution < 1.29 is 13.5 Å². The topological polar surface area (TPSA) is 31.5 Å². The molecular formula is C28H35F2N3O. The summed E-state index contributed by atoms with van der Waals surface area (Å²) in [6.07, 6.45) is 0.896. The standard InChI is InChI=1S/C28H35F2N3O/c1-19-14-24-23-6-4-5-7-25(23)31-26(24)27(33(19)18-28(2,3)30)21-8-10-22(11-9-21)34-13-12-32-16-20(15-29)17-32/h4-11,19-20,27,31H,12-18H2,1-3H3/t19-,27-/m1/s1. The van der Waals surface area contributed by atoms with Crippen molar-refractivity contribution >= 4 is 10.9 Å². The highest BCUT2D eigenvalue weighted by molar-refractivity contribution is 5.85. The van der Waals surface area contributed by atoms with Crippen molar-refractivity contribution in [3.05, 3.63) is 65.4 Å². The van der Waals surface area contributed by atoms with E-state index in [1.807, 2.05) is 12.1 Å². The Morgan fingerprint density at radius 3 is 2.53 bits per heavy atom. The Bertz CT molecular complexity index is 1110. The summed E-state index contributed by atoms with van der Waals surface area (Å²) in [5, 5.41) is 1.26. The predicted molar refractivity (Wildman–Crippen MR) is 133 cm³/mol. The Morgan fingerprint density at radius 2 is 1.82 bits per heavy atom. The number of hydrogen-bond acceptors (Lipinski definition) is 3. The number of H-pyrrole nitrogens is 1.